The maximum Gasteiger partial charge on any atom is 0.407 e. The van der Waals surface area contributed by atoms with Gasteiger partial charge in [0.2, 0.25) is 0 Å². The van der Waals surface area contributed by atoms with E-state index in [4.69, 9.17) is 10.2 Å². The zero-order valence-electron chi connectivity index (χ0n) is 7.70. The van der Waals surface area contributed by atoms with Crippen LogP contribution >= 0.6 is 0 Å². The van der Waals surface area contributed by atoms with Crippen LogP contribution in [0.25, 0.3) is 0 Å². The highest BCUT2D eigenvalue weighted by atomic mass is 16.6. The monoisotopic (exact) mass is 179 g/mol. The van der Waals surface area contributed by atoms with E-state index < -0.39 is 12.2 Å². The third kappa shape index (κ3) is 7.30. The van der Waals surface area contributed by atoms with E-state index in [2.05, 4.69) is 10.1 Å². The van der Waals surface area contributed by atoms with E-state index in [0.29, 0.717) is 0 Å². The Morgan fingerprint density at radius 3 is 2.08 bits per heavy atom. The minimum Gasteiger partial charge on any atom is -0.441 e. The zero-order valence-corrected chi connectivity index (χ0v) is 7.70. The van der Waals surface area contributed by atoms with Crippen LogP contribution in [-0.4, -0.2) is 42.7 Å². The summed E-state index contributed by atoms with van der Waals surface area (Å²) >= 11 is 0. The first-order chi connectivity index (χ1) is 5.74. The minimum atomic E-state index is -0.819. The van der Waals surface area contributed by atoms with Crippen LogP contribution in [0.15, 0.2) is 0 Å². The van der Waals surface area contributed by atoms with Crippen molar-refractivity contribution < 1.29 is 19.7 Å². The molecule has 12 heavy (non-hydrogen) atoms. The van der Waals surface area contributed by atoms with E-state index in [-0.39, 0.29) is 13.2 Å². The zero-order chi connectivity index (χ0) is 9.98. The number of hydrogen-bond donors (Lipinski definition) is 3. The minimum absolute atomic E-state index is 0.371. The van der Waals surface area contributed by atoms with Crippen molar-refractivity contribution in [3.05, 3.63) is 0 Å². The third-order valence-electron chi connectivity index (χ3n) is 0.885. The van der Waals surface area contributed by atoms with Crippen LogP contribution in [0.4, 0.5) is 4.79 Å². The maximum absolute atomic E-state index is 10.4. The molecule has 0 aromatic rings. The molecule has 0 saturated heterocycles. The van der Waals surface area contributed by atoms with Crippen molar-refractivity contribution in [1.29, 1.82) is 0 Å². The molecule has 0 aliphatic heterocycles. The summed E-state index contributed by atoms with van der Waals surface area (Å²) < 4.78 is 4.45. The fraction of sp³-hybridized carbons (Fsp3) is 0.857. The topological polar surface area (TPSA) is 78.8 Å². The second kappa shape index (κ2) is 10.2. The van der Waals surface area contributed by atoms with Crippen LogP contribution in [0.1, 0.15) is 13.8 Å². The number of carbonyl (C=O) groups excluding carboxylic acids is 1. The Hall–Kier alpha value is -0.810. The molecule has 0 aromatic heterocycles. The van der Waals surface area contributed by atoms with Crippen LogP contribution in [-0.2, 0) is 4.74 Å². The van der Waals surface area contributed by atoms with Gasteiger partial charge in [-0.1, -0.05) is 13.8 Å². The molecule has 0 aromatic carbocycles. The SMILES string of the molecule is CC.CNC(=O)OC(CO)CO. The number of hydrogen-bond acceptors (Lipinski definition) is 4. The number of aliphatic hydroxyl groups excluding tert-OH is 2. The Balaban J connectivity index is 0. The Morgan fingerprint density at radius 2 is 1.83 bits per heavy atom. The number of rotatable bonds is 3. The van der Waals surface area contributed by atoms with Gasteiger partial charge in [0.15, 0.2) is 0 Å². The second-order valence-electron chi connectivity index (χ2n) is 1.64. The summed E-state index contributed by atoms with van der Waals surface area (Å²) in [6, 6.07) is 0. The number of alkyl carbamates (subject to hydrolysis) is 1. The average molecular weight is 179 g/mol. The molecule has 0 unspecified atom stereocenters. The summed E-state index contributed by atoms with van der Waals surface area (Å²) in [5.74, 6) is 0. The van der Waals surface area contributed by atoms with Gasteiger partial charge < -0.3 is 20.3 Å². The van der Waals surface area contributed by atoms with Gasteiger partial charge in [-0.2, -0.15) is 0 Å². The van der Waals surface area contributed by atoms with Gasteiger partial charge in [-0.15, -0.1) is 0 Å². The molecule has 5 nitrogen and oxygen atoms in total. The smallest absolute Gasteiger partial charge is 0.407 e. The molecule has 0 fully saturated rings. The molecule has 3 N–H and O–H groups in total. The van der Waals surface area contributed by atoms with Crippen molar-refractivity contribution in [1.82, 2.24) is 5.32 Å². The van der Waals surface area contributed by atoms with E-state index >= 15 is 0 Å². The number of amides is 1. The molecule has 0 rings (SSSR count). The first-order valence-corrected chi connectivity index (χ1v) is 3.84. The van der Waals surface area contributed by atoms with Gasteiger partial charge in [0, 0.05) is 7.05 Å². The largest absolute Gasteiger partial charge is 0.441 e. The molecule has 74 valence electrons. The summed E-state index contributed by atoms with van der Waals surface area (Å²) in [7, 11) is 1.40. The standard InChI is InChI=1S/C5H11NO4.C2H6/c1-6-5(9)10-4(2-7)3-8;1-2/h4,7-8H,2-3H2,1H3,(H,6,9);1-2H3. The Bertz CT molecular complexity index is 104. The lowest BCUT2D eigenvalue weighted by atomic mass is 10.4. The van der Waals surface area contributed by atoms with E-state index in [1.54, 1.807) is 0 Å². The van der Waals surface area contributed by atoms with Gasteiger partial charge in [-0.25, -0.2) is 4.79 Å². The van der Waals surface area contributed by atoms with Gasteiger partial charge in [0.1, 0.15) is 6.10 Å². The highest BCUT2D eigenvalue weighted by Crippen LogP contribution is 1.88. The van der Waals surface area contributed by atoms with Crippen LogP contribution in [0.3, 0.4) is 0 Å². The number of ether oxygens (including phenoxy) is 1. The fourth-order valence-corrected chi connectivity index (χ4v) is 0.343. The Kier molecular flexibility index (Phi) is 11.7. The molecule has 0 aliphatic carbocycles. The van der Waals surface area contributed by atoms with E-state index in [0.717, 1.165) is 0 Å². The summed E-state index contributed by atoms with van der Waals surface area (Å²) in [5, 5.41) is 19.0. The molecule has 0 bridgehead atoms. The van der Waals surface area contributed by atoms with Gasteiger partial charge in [-0.3, -0.25) is 0 Å². The Morgan fingerprint density at radius 1 is 1.42 bits per heavy atom. The lowest BCUT2D eigenvalue weighted by Gasteiger charge is -2.10. The van der Waals surface area contributed by atoms with Gasteiger partial charge in [-0.05, 0) is 0 Å². The third-order valence-corrected chi connectivity index (χ3v) is 0.885. The number of carbonyl (C=O) groups is 1. The molecule has 0 radical (unpaired) electrons. The summed E-state index contributed by atoms with van der Waals surface area (Å²) in [6.45, 7) is 3.26. The predicted molar refractivity (Wildman–Crippen MR) is 44.8 cm³/mol. The lowest BCUT2D eigenvalue weighted by Crippen LogP contribution is -2.30. The van der Waals surface area contributed by atoms with Crippen molar-refractivity contribution in [3.8, 4) is 0 Å². The van der Waals surface area contributed by atoms with Crippen molar-refractivity contribution in [2.24, 2.45) is 0 Å². The van der Waals surface area contributed by atoms with E-state index in [1.807, 2.05) is 13.8 Å². The van der Waals surface area contributed by atoms with Crippen LogP contribution < -0.4 is 5.32 Å². The number of nitrogens with one attached hydrogen (secondary N) is 1. The summed E-state index contributed by atoms with van der Waals surface area (Å²) in [6.07, 6.45) is -1.48. The molecule has 5 heteroatoms. The van der Waals surface area contributed by atoms with E-state index in [9.17, 15) is 4.79 Å². The molecule has 0 saturated carbocycles. The maximum atomic E-state index is 10.4. The first kappa shape index (κ1) is 13.8. The first-order valence-electron chi connectivity index (χ1n) is 3.84. The highest BCUT2D eigenvalue weighted by molar-refractivity contribution is 5.66. The van der Waals surface area contributed by atoms with Crippen molar-refractivity contribution >= 4 is 6.09 Å². The summed E-state index contributed by atoms with van der Waals surface area (Å²) in [4.78, 5) is 10.4. The van der Waals surface area contributed by atoms with Crippen molar-refractivity contribution in [3.63, 3.8) is 0 Å². The molecule has 0 aliphatic rings. The van der Waals surface area contributed by atoms with Gasteiger partial charge >= 0.3 is 6.09 Å². The molecule has 0 heterocycles. The van der Waals surface area contributed by atoms with Gasteiger partial charge in [0.05, 0.1) is 13.2 Å². The van der Waals surface area contributed by atoms with Crippen LogP contribution in [0.2, 0.25) is 0 Å². The van der Waals surface area contributed by atoms with Crippen LogP contribution in [0.5, 0.6) is 0 Å². The quantitative estimate of drug-likeness (QED) is 0.557. The van der Waals surface area contributed by atoms with Gasteiger partial charge in [0.25, 0.3) is 0 Å². The fourth-order valence-electron chi connectivity index (χ4n) is 0.343. The number of aliphatic hydroxyl groups is 2. The van der Waals surface area contributed by atoms with E-state index in [1.165, 1.54) is 7.05 Å². The molecular weight excluding hydrogens is 162 g/mol. The second-order valence-corrected chi connectivity index (χ2v) is 1.64. The molecule has 1 amide bonds. The summed E-state index contributed by atoms with van der Waals surface area (Å²) in [5.41, 5.74) is 0. The molecular formula is C7H17NO4. The lowest BCUT2D eigenvalue weighted by molar-refractivity contribution is 0.0232. The predicted octanol–water partition coefficient (Wildman–Crippen LogP) is -0.278. The average Bonchev–Trinajstić information content (AvgIpc) is 2.16. The van der Waals surface area contributed by atoms with Crippen molar-refractivity contribution in [2.75, 3.05) is 20.3 Å². The molecule has 0 atom stereocenters. The normalized spacial score (nSPS) is 8.50. The highest BCUT2D eigenvalue weighted by Gasteiger charge is 2.09. The van der Waals surface area contributed by atoms with Crippen LogP contribution in [0, 0.1) is 0 Å². The molecule has 0 spiro atoms. The van der Waals surface area contributed by atoms with Crippen molar-refractivity contribution in [2.45, 2.75) is 20.0 Å². The Labute approximate surface area is 72.3 Å².